The van der Waals surface area contributed by atoms with Crippen LogP contribution in [0.1, 0.15) is 13.8 Å². The van der Waals surface area contributed by atoms with Crippen LogP contribution in [0, 0.1) is 5.92 Å². The summed E-state index contributed by atoms with van der Waals surface area (Å²) in [7, 11) is 0. The van der Waals surface area contributed by atoms with Gasteiger partial charge in [-0.1, -0.05) is 0 Å². The maximum absolute atomic E-state index is 11.8. The third-order valence-electron chi connectivity index (χ3n) is 1.88. The van der Waals surface area contributed by atoms with E-state index in [9.17, 15) is 27.6 Å². The summed E-state index contributed by atoms with van der Waals surface area (Å²) in [6, 6.07) is 0. The standard InChI is InChI=1S/C11H15F3O6/c1-3-19-9(16)8(10(17)20-4-2)7(15)5-18-6-11(12,13)14/h8H,3-6H2,1-2H3. The molecule has 0 spiro atoms. The van der Waals surface area contributed by atoms with Crippen LogP contribution in [0.4, 0.5) is 13.2 Å². The van der Waals surface area contributed by atoms with Gasteiger partial charge in [-0.05, 0) is 13.8 Å². The predicted molar refractivity (Wildman–Crippen MR) is 58.6 cm³/mol. The number of hydrogen-bond donors (Lipinski definition) is 0. The summed E-state index contributed by atoms with van der Waals surface area (Å²) in [5, 5.41) is 0. The lowest BCUT2D eigenvalue weighted by molar-refractivity contribution is -0.178. The molecular formula is C11H15F3O6. The maximum Gasteiger partial charge on any atom is 0.411 e. The zero-order valence-corrected chi connectivity index (χ0v) is 11.0. The largest absolute Gasteiger partial charge is 0.465 e. The quantitative estimate of drug-likeness (QED) is 0.489. The van der Waals surface area contributed by atoms with E-state index in [1.165, 1.54) is 13.8 Å². The average molecular weight is 300 g/mol. The van der Waals surface area contributed by atoms with Crippen molar-refractivity contribution in [1.82, 2.24) is 0 Å². The van der Waals surface area contributed by atoms with Crippen molar-refractivity contribution in [3.63, 3.8) is 0 Å². The lowest BCUT2D eigenvalue weighted by Gasteiger charge is -2.14. The Kier molecular flexibility index (Phi) is 7.82. The van der Waals surface area contributed by atoms with Crippen LogP contribution in [-0.4, -0.2) is 50.3 Å². The number of Topliss-reactive ketones (excluding diaryl/α,β-unsaturated/α-hetero) is 1. The molecule has 0 unspecified atom stereocenters. The number of carbonyl (C=O) groups excluding carboxylic acids is 3. The summed E-state index contributed by atoms with van der Waals surface area (Å²) in [5.74, 6) is -5.42. The molecule has 0 radical (unpaired) electrons. The van der Waals surface area contributed by atoms with Crippen molar-refractivity contribution in [2.24, 2.45) is 5.92 Å². The van der Waals surface area contributed by atoms with Crippen LogP contribution in [0.25, 0.3) is 0 Å². The van der Waals surface area contributed by atoms with Gasteiger partial charge in [0, 0.05) is 0 Å². The first-order valence-electron chi connectivity index (χ1n) is 5.73. The van der Waals surface area contributed by atoms with E-state index in [4.69, 9.17) is 0 Å². The molecule has 6 nitrogen and oxygen atoms in total. The first kappa shape index (κ1) is 18.4. The van der Waals surface area contributed by atoms with E-state index in [1.807, 2.05) is 0 Å². The Balaban J connectivity index is 4.64. The second-order valence-electron chi connectivity index (χ2n) is 3.51. The number of halogens is 3. The van der Waals surface area contributed by atoms with Crippen LogP contribution in [0.5, 0.6) is 0 Å². The molecule has 0 saturated heterocycles. The van der Waals surface area contributed by atoms with Crippen molar-refractivity contribution in [2.45, 2.75) is 20.0 Å². The highest BCUT2D eigenvalue weighted by Crippen LogP contribution is 2.15. The Bertz CT molecular complexity index is 335. The third-order valence-corrected chi connectivity index (χ3v) is 1.88. The Morgan fingerprint density at radius 2 is 1.45 bits per heavy atom. The fourth-order valence-electron chi connectivity index (χ4n) is 1.16. The van der Waals surface area contributed by atoms with Gasteiger partial charge in [-0.25, -0.2) is 0 Å². The van der Waals surface area contributed by atoms with Crippen LogP contribution in [-0.2, 0) is 28.6 Å². The molecule has 0 rings (SSSR count). The number of carbonyl (C=O) groups is 3. The Hall–Kier alpha value is -1.64. The van der Waals surface area contributed by atoms with Crippen molar-refractivity contribution in [2.75, 3.05) is 26.4 Å². The van der Waals surface area contributed by atoms with Gasteiger partial charge in [0.2, 0.25) is 5.92 Å². The number of esters is 2. The highest BCUT2D eigenvalue weighted by molar-refractivity contribution is 6.15. The molecular weight excluding hydrogens is 285 g/mol. The lowest BCUT2D eigenvalue weighted by atomic mass is 10.1. The fourth-order valence-corrected chi connectivity index (χ4v) is 1.16. The zero-order valence-electron chi connectivity index (χ0n) is 11.0. The molecule has 0 aliphatic rings. The highest BCUT2D eigenvalue weighted by Gasteiger charge is 2.37. The zero-order chi connectivity index (χ0) is 15.8. The number of rotatable bonds is 8. The van der Waals surface area contributed by atoms with Crippen LogP contribution in [0.2, 0.25) is 0 Å². The molecule has 0 aliphatic carbocycles. The maximum atomic E-state index is 11.8. The van der Waals surface area contributed by atoms with Crippen molar-refractivity contribution in [1.29, 1.82) is 0 Å². The van der Waals surface area contributed by atoms with Gasteiger partial charge in [0.1, 0.15) is 13.2 Å². The minimum Gasteiger partial charge on any atom is -0.465 e. The molecule has 0 aromatic carbocycles. The second kappa shape index (κ2) is 8.51. The smallest absolute Gasteiger partial charge is 0.411 e. The Labute approximate surface area is 113 Å². The van der Waals surface area contributed by atoms with E-state index in [0.717, 1.165) is 0 Å². The topological polar surface area (TPSA) is 78.9 Å². The summed E-state index contributed by atoms with van der Waals surface area (Å²) >= 11 is 0. The summed E-state index contributed by atoms with van der Waals surface area (Å²) in [4.78, 5) is 34.4. The van der Waals surface area contributed by atoms with Crippen LogP contribution in [0.15, 0.2) is 0 Å². The SMILES string of the molecule is CCOC(=O)C(C(=O)COCC(F)(F)F)C(=O)OCC. The van der Waals surface area contributed by atoms with Crippen molar-refractivity contribution in [3.05, 3.63) is 0 Å². The Morgan fingerprint density at radius 3 is 1.80 bits per heavy atom. The first-order valence-corrected chi connectivity index (χ1v) is 5.73. The molecule has 0 aromatic heterocycles. The van der Waals surface area contributed by atoms with E-state index in [0.29, 0.717) is 0 Å². The molecule has 0 bridgehead atoms. The molecule has 0 heterocycles. The van der Waals surface area contributed by atoms with E-state index in [1.54, 1.807) is 0 Å². The number of ether oxygens (including phenoxy) is 3. The highest BCUT2D eigenvalue weighted by atomic mass is 19.4. The van der Waals surface area contributed by atoms with Crippen molar-refractivity contribution < 1.29 is 41.8 Å². The van der Waals surface area contributed by atoms with Gasteiger partial charge < -0.3 is 14.2 Å². The normalized spacial score (nSPS) is 11.3. The van der Waals surface area contributed by atoms with E-state index in [-0.39, 0.29) is 13.2 Å². The lowest BCUT2D eigenvalue weighted by Crippen LogP contribution is -2.37. The molecule has 0 saturated carbocycles. The van der Waals surface area contributed by atoms with Crippen LogP contribution >= 0.6 is 0 Å². The predicted octanol–water partition coefficient (Wildman–Crippen LogP) is 0.877. The van der Waals surface area contributed by atoms with Crippen LogP contribution < -0.4 is 0 Å². The summed E-state index contributed by atoms with van der Waals surface area (Å²) in [6.07, 6.45) is -4.61. The van der Waals surface area contributed by atoms with Gasteiger partial charge in [-0.2, -0.15) is 13.2 Å². The molecule has 0 aliphatic heterocycles. The van der Waals surface area contributed by atoms with Crippen molar-refractivity contribution >= 4 is 17.7 Å². The third kappa shape index (κ3) is 7.07. The molecule has 0 amide bonds. The van der Waals surface area contributed by atoms with E-state index >= 15 is 0 Å². The Morgan fingerprint density at radius 1 is 1.00 bits per heavy atom. The summed E-state index contributed by atoms with van der Waals surface area (Å²) in [5.41, 5.74) is 0. The van der Waals surface area contributed by atoms with Gasteiger partial charge in [0.05, 0.1) is 13.2 Å². The molecule has 0 atom stereocenters. The van der Waals surface area contributed by atoms with Crippen LogP contribution in [0.3, 0.4) is 0 Å². The molecule has 0 N–H and O–H groups in total. The van der Waals surface area contributed by atoms with Gasteiger partial charge in [0.15, 0.2) is 5.78 Å². The van der Waals surface area contributed by atoms with Gasteiger partial charge in [-0.15, -0.1) is 0 Å². The molecule has 9 heteroatoms. The number of alkyl halides is 3. The van der Waals surface area contributed by atoms with E-state index < -0.39 is 43.0 Å². The second-order valence-corrected chi connectivity index (χ2v) is 3.51. The van der Waals surface area contributed by atoms with E-state index in [2.05, 4.69) is 14.2 Å². The monoisotopic (exact) mass is 300 g/mol. The molecule has 20 heavy (non-hydrogen) atoms. The molecule has 0 fully saturated rings. The van der Waals surface area contributed by atoms with Gasteiger partial charge in [0.25, 0.3) is 0 Å². The average Bonchev–Trinajstić information content (AvgIpc) is 2.28. The minimum atomic E-state index is -4.61. The van der Waals surface area contributed by atoms with Crippen molar-refractivity contribution in [3.8, 4) is 0 Å². The number of hydrogen-bond acceptors (Lipinski definition) is 6. The first-order chi connectivity index (χ1) is 9.22. The summed E-state index contributed by atoms with van der Waals surface area (Å²) < 4.78 is 48.6. The molecule has 116 valence electrons. The van der Waals surface area contributed by atoms with Gasteiger partial charge >= 0.3 is 18.1 Å². The van der Waals surface area contributed by atoms with Gasteiger partial charge in [-0.3, -0.25) is 14.4 Å². The molecule has 0 aromatic rings. The summed E-state index contributed by atoms with van der Waals surface area (Å²) in [6.45, 7) is 0.0191. The fraction of sp³-hybridized carbons (Fsp3) is 0.727. The number of ketones is 1. The minimum absolute atomic E-state index is 0.0918.